The Hall–Kier alpha value is -1.30. The summed E-state index contributed by atoms with van der Waals surface area (Å²) in [4.78, 5) is 10.7. The third-order valence-electron chi connectivity index (χ3n) is 1.01. The number of carbonyl (C=O) groups excluding carboxylic acids is 1. The van der Waals surface area contributed by atoms with E-state index in [1.165, 1.54) is 6.92 Å². The lowest BCUT2D eigenvalue weighted by atomic mass is 10.6. The van der Waals surface area contributed by atoms with Crippen molar-refractivity contribution in [3.05, 3.63) is 5.82 Å². The molecule has 0 aliphatic carbocycles. The van der Waals surface area contributed by atoms with Crippen molar-refractivity contribution in [2.75, 3.05) is 0 Å². The summed E-state index contributed by atoms with van der Waals surface area (Å²) in [5.74, 6) is 0.151. The van der Waals surface area contributed by atoms with Gasteiger partial charge in [0.1, 0.15) is 0 Å². The zero-order chi connectivity index (χ0) is 7.56. The maximum atomic E-state index is 10.7. The molecule has 0 unspecified atom stereocenters. The molecule has 0 bridgehead atoms. The number of nitrogens with zero attached hydrogens (tertiary/aromatic N) is 4. The van der Waals surface area contributed by atoms with Gasteiger partial charge in [-0.2, -0.15) is 4.68 Å². The van der Waals surface area contributed by atoms with E-state index in [2.05, 4.69) is 15.5 Å². The summed E-state index contributed by atoms with van der Waals surface area (Å²) in [5, 5.41) is 10.2. The Balaban J connectivity index is 3.01. The molecule has 1 rings (SSSR count). The lowest BCUT2D eigenvalue weighted by Crippen LogP contribution is -2.14. The topological polar surface area (TPSA) is 86.7 Å². The van der Waals surface area contributed by atoms with Crippen molar-refractivity contribution >= 4 is 5.91 Å². The van der Waals surface area contributed by atoms with Gasteiger partial charge >= 0.3 is 0 Å². The number of hydrogen-bond donors (Lipinski definition) is 1. The first kappa shape index (κ1) is 6.81. The van der Waals surface area contributed by atoms with E-state index >= 15 is 0 Å². The van der Waals surface area contributed by atoms with Crippen molar-refractivity contribution in [1.82, 2.24) is 20.2 Å². The van der Waals surface area contributed by atoms with E-state index in [1.807, 2.05) is 0 Å². The van der Waals surface area contributed by atoms with Crippen molar-refractivity contribution in [3.8, 4) is 0 Å². The molecular weight excluding hydrogens is 134 g/mol. The standard InChI is InChI=1S/C4H7N5O/c1-3(10)9-4(2-5)6-7-8-9/h2,5H2,1H3. The molecule has 0 aromatic carbocycles. The fourth-order valence-electron chi connectivity index (χ4n) is 0.578. The number of tetrazole rings is 1. The highest BCUT2D eigenvalue weighted by Crippen LogP contribution is 1.87. The molecule has 0 amide bonds. The van der Waals surface area contributed by atoms with Crippen molar-refractivity contribution in [2.24, 2.45) is 5.73 Å². The molecular formula is C4H7N5O. The minimum Gasteiger partial charge on any atom is -0.324 e. The van der Waals surface area contributed by atoms with Gasteiger partial charge in [0, 0.05) is 6.92 Å². The molecule has 0 aliphatic heterocycles. The van der Waals surface area contributed by atoms with E-state index in [1.54, 1.807) is 0 Å². The molecule has 10 heavy (non-hydrogen) atoms. The highest BCUT2D eigenvalue weighted by Gasteiger charge is 2.05. The Kier molecular flexibility index (Phi) is 1.72. The minimum atomic E-state index is -0.231. The van der Waals surface area contributed by atoms with E-state index in [0.29, 0.717) is 5.82 Å². The van der Waals surface area contributed by atoms with Crippen LogP contribution in [0.15, 0.2) is 0 Å². The fraction of sp³-hybridized carbons (Fsp3) is 0.500. The lowest BCUT2D eigenvalue weighted by Gasteiger charge is -1.92. The summed E-state index contributed by atoms with van der Waals surface area (Å²) >= 11 is 0. The van der Waals surface area contributed by atoms with Gasteiger partial charge in [0.05, 0.1) is 6.54 Å². The predicted octanol–water partition coefficient (Wildman–Crippen LogP) is -1.21. The second-order valence-electron chi connectivity index (χ2n) is 1.73. The van der Waals surface area contributed by atoms with Crippen molar-refractivity contribution in [3.63, 3.8) is 0 Å². The van der Waals surface area contributed by atoms with E-state index in [0.717, 1.165) is 4.68 Å². The number of carbonyl (C=O) groups is 1. The zero-order valence-electron chi connectivity index (χ0n) is 5.48. The molecule has 0 fully saturated rings. The van der Waals surface area contributed by atoms with Crippen LogP contribution in [-0.4, -0.2) is 26.1 Å². The molecule has 1 aromatic rings. The van der Waals surface area contributed by atoms with Crippen LogP contribution in [0.4, 0.5) is 0 Å². The molecule has 0 saturated carbocycles. The molecule has 0 atom stereocenters. The van der Waals surface area contributed by atoms with Crippen LogP contribution in [0.2, 0.25) is 0 Å². The molecule has 54 valence electrons. The van der Waals surface area contributed by atoms with Gasteiger partial charge in [0.25, 0.3) is 0 Å². The average molecular weight is 141 g/mol. The van der Waals surface area contributed by atoms with Crippen LogP contribution in [0.5, 0.6) is 0 Å². The van der Waals surface area contributed by atoms with Crippen molar-refractivity contribution < 1.29 is 4.79 Å². The van der Waals surface area contributed by atoms with E-state index in [4.69, 9.17) is 5.73 Å². The van der Waals surface area contributed by atoms with Crippen LogP contribution in [0.1, 0.15) is 17.5 Å². The predicted molar refractivity (Wildman–Crippen MR) is 32.0 cm³/mol. The number of rotatable bonds is 1. The van der Waals surface area contributed by atoms with Crippen LogP contribution < -0.4 is 5.73 Å². The average Bonchev–Trinajstić information content (AvgIpc) is 2.33. The summed E-state index contributed by atoms with van der Waals surface area (Å²) in [6.07, 6.45) is 0. The number of nitrogens with two attached hydrogens (primary N) is 1. The SMILES string of the molecule is CC(=O)n1nnnc1CN. The first-order chi connectivity index (χ1) is 4.75. The van der Waals surface area contributed by atoms with Gasteiger partial charge in [0.15, 0.2) is 5.82 Å². The van der Waals surface area contributed by atoms with E-state index in [-0.39, 0.29) is 12.5 Å². The smallest absolute Gasteiger partial charge is 0.246 e. The van der Waals surface area contributed by atoms with Gasteiger partial charge in [-0.1, -0.05) is 0 Å². The van der Waals surface area contributed by atoms with Gasteiger partial charge < -0.3 is 5.73 Å². The molecule has 0 saturated heterocycles. The quantitative estimate of drug-likeness (QED) is 0.496. The van der Waals surface area contributed by atoms with Gasteiger partial charge in [0.2, 0.25) is 5.91 Å². The van der Waals surface area contributed by atoms with E-state index < -0.39 is 0 Å². The van der Waals surface area contributed by atoms with Crippen LogP contribution in [0.25, 0.3) is 0 Å². The molecule has 6 nitrogen and oxygen atoms in total. The Morgan fingerprint density at radius 3 is 2.90 bits per heavy atom. The highest BCUT2D eigenvalue weighted by atomic mass is 16.2. The van der Waals surface area contributed by atoms with Crippen LogP contribution in [0.3, 0.4) is 0 Å². The molecule has 1 heterocycles. The first-order valence-electron chi connectivity index (χ1n) is 2.74. The molecule has 6 heteroatoms. The summed E-state index contributed by atoms with van der Waals surface area (Å²) in [6, 6.07) is 0. The maximum absolute atomic E-state index is 10.7. The second kappa shape index (κ2) is 2.53. The third kappa shape index (κ3) is 1.01. The van der Waals surface area contributed by atoms with E-state index in [9.17, 15) is 4.79 Å². The molecule has 0 aliphatic rings. The number of aromatic nitrogens is 4. The number of hydrogen-bond acceptors (Lipinski definition) is 5. The Labute approximate surface area is 57.0 Å². The maximum Gasteiger partial charge on any atom is 0.246 e. The van der Waals surface area contributed by atoms with Gasteiger partial charge in [-0.15, -0.1) is 5.10 Å². The lowest BCUT2D eigenvalue weighted by molar-refractivity contribution is 0.0915. The molecule has 0 spiro atoms. The molecule has 0 radical (unpaired) electrons. The van der Waals surface area contributed by atoms with Crippen LogP contribution in [-0.2, 0) is 6.54 Å². The summed E-state index contributed by atoms with van der Waals surface area (Å²) < 4.78 is 1.07. The monoisotopic (exact) mass is 141 g/mol. The molecule has 1 aromatic heterocycles. The zero-order valence-corrected chi connectivity index (χ0v) is 5.48. The second-order valence-corrected chi connectivity index (χ2v) is 1.73. The van der Waals surface area contributed by atoms with Crippen molar-refractivity contribution in [1.29, 1.82) is 0 Å². The van der Waals surface area contributed by atoms with Gasteiger partial charge in [-0.3, -0.25) is 4.79 Å². The summed E-state index contributed by atoms with van der Waals surface area (Å²) in [7, 11) is 0. The molecule has 2 N–H and O–H groups in total. The highest BCUT2D eigenvalue weighted by molar-refractivity contribution is 5.75. The van der Waals surface area contributed by atoms with Crippen LogP contribution >= 0.6 is 0 Å². The van der Waals surface area contributed by atoms with Crippen LogP contribution in [0, 0.1) is 0 Å². The largest absolute Gasteiger partial charge is 0.324 e. The Bertz CT molecular complexity index is 242. The van der Waals surface area contributed by atoms with Gasteiger partial charge in [-0.05, 0) is 10.4 Å². The third-order valence-corrected chi connectivity index (χ3v) is 1.01. The summed E-state index contributed by atoms with van der Waals surface area (Å²) in [6.45, 7) is 1.54. The first-order valence-corrected chi connectivity index (χ1v) is 2.74. The Morgan fingerprint density at radius 1 is 1.80 bits per heavy atom. The minimum absolute atomic E-state index is 0.173. The van der Waals surface area contributed by atoms with Crippen molar-refractivity contribution in [2.45, 2.75) is 13.5 Å². The normalized spacial score (nSPS) is 9.80. The Morgan fingerprint density at radius 2 is 2.50 bits per heavy atom. The van der Waals surface area contributed by atoms with Gasteiger partial charge in [-0.25, -0.2) is 0 Å². The fourth-order valence-corrected chi connectivity index (χ4v) is 0.578. The summed E-state index contributed by atoms with van der Waals surface area (Å²) in [5.41, 5.74) is 5.22.